The predicted octanol–water partition coefficient (Wildman–Crippen LogP) is 3.00. The lowest BCUT2D eigenvalue weighted by Crippen LogP contribution is -2.07. The van der Waals surface area contributed by atoms with E-state index in [9.17, 15) is 4.79 Å². The molecule has 1 aromatic carbocycles. The zero-order chi connectivity index (χ0) is 15.1. The quantitative estimate of drug-likeness (QED) is 0.506. The molecule has 0 bridgehead atoms. The smallest absolute Gasteiger partial charge is 0.311 e. The highest BCUT2D eigenvalue weighted by Gasteiger charge is 2.07. The first kappa shape index (κ1) is 15.2. The first-order valence-electron chi connectivity index (χ1n) is 6.63. The molecular formula is C15H17N3O2S. The second-order valence-corrected chi connectivity index (χ2v) is 5.27. The Morgan fingerprint density at radius 1 is 1.52 bits per heavy atom. The van der Waals surface area contributed by atoms with Gasteiger partial charge in [-0.25, -0.2) is 4.98 Å². The molecule has 0 spiro atoms. The van der Waals surface area contributed by atoms with Crippen molar-refractivity contribution in [3.8, 4) is 0 Å². The van der Waals surface area contributed by atoms with Crippen molar-refractivity contribution in [3.05, 3.63) is 46.5 Å². The Labute approximate surface area is 127 Å². The fraction of sp³-hybridized carbons (Fsp3) is 0.267. The van der Waals surface area contributed by atoms with Gasteiger partial charge in [-0.05, 0) is 19.4 Å². The number of esters is 1. The van der Waals surface area contributed by atoms with E-state index in [2.05, 4.69) is 15.5 Å². The van der Waals surface area contributed by atoms with Gasteiger partial charge in [-0.3, -0.25) is 10.2 Å². The Morgan fingerprint density at radius 2 is 2.38 bits per heavy atom. The number of anilines is 1. The number of nitrogens with one attached hydrogen (secondary N) is 1. The molecule has 0 unspecified atom stereocenters. The standard InChI is InChI=1S/C15H17N3O2S/c1-3-20-14(19)8-13-10-21-15(17-13)18-16-9-12-6-4-5-11(2)7-12/h4-7,9-10H,3,8H2,1-2H3,(H,17,18)/b16-9+. The molecule has 0 atom stereocenters. The maximum atomic E-state index is 11.3. The number of carbonyl (C=O) groups excluding carboxylic acids is 1. The number of carbonyl (C=O) groups is 1. The minimum atomic E-state index is -0.266. The number of ether oxygens (including phenoxy) is 1. The van der Waals surface area contributed by atoms with Gasteiger partial charge < -0.3 is 4.74 Å². The first-order chi connectivity index (χ1) is 10.2. The lowest BCUT2D eigenvalue weighted by atomic mass is 10.2. The summed E-state index contributed by atoms with van der Waals surface area (Å²) >= 11 is 1.40. The van der Waals surface area contributed by atoms with Crippen LogP contribution >= 0.6 is 11.3 Å². The number of nitrogens with zero attached hydrogens (tertiary/aromatic N) is 2. The average molecular weight is 303 g/mol. The van der Waals surface area contributed by atoms with Gasteiger partial charge >= 0.3 is 5.97 Å². The van der Waals surface area contributed by atoms with Crippen molar-refractivity contribution in [1.82, 2.24) is 4.98 Å². The fourth-order valence-corrected chi connectivity index (χ4v) is 2.37. The summed E-state index contributed by atoms with van der Waals surface area (Å²) in [5.41, 5.74) is 5.75. The molecular weight excluding hydrogens is 286 g/mol. The van der Waals surface area contributed by atoms with Crippen LogP contribution in [0.5, 0.6) is 0 Å². The molecule has 2 aromatic rings. The molecule has 1 aromatic heterocycles. The first-order valence-corrected chi connectivity index (χ1v) is 7.51. The third kappa shape index (κ3) is 5.00. The highest BCUT2D eigenvalue weighted by atomic mass is 32.1. The molecule has 2 rings (SSSR count). The summed E-state index contributed by atoms with van der Waals surface area (Å²) in [7, 11) is 0. The van der Waals surface area contributed by atoms with E-state index in [4.69, 9.17) is 4.74 Å². The Balaban J connectivity index is 1.89. The van der Waals surface area contributed by atoms with E-state index in [-0.39, 0.29) is 12.4 Å². The van der Waals surface area contributed by atoms with Crippen LogP contribution < -0.4 is 5.43 Å². The summed E-state index contributed by atoms with van der Waals surface area (Å²) in [6.07, 6.45) is 1.92. The van der Waals surface area contributed by atoms with E-state index in [1.807, 2.05) is 36.6 Å². The molecule has 5 nitrogen and oxygen atoms in total. The van der Waals surface area contributed by atoms with Crippen LogP contribution in [0.3, 0.4) is 0 Å². The van der Waals surface area contributed by atoms with Crippen molar-refractivity contribution in [3.63, 3.8) is 0 Å². The van der Waals surface area contributed by atoms with Gasteiger partial charge in [0.25, 0.3) is 0 Å². The monoisotopic (exact) mass is 303 g/mol. The zero-order valence-corrected chi connectivity index (χ0v) is 12.8. The van der Waals surface area contributed by atoms with E-state index < -0.39 is 0 Å². The summed E-state index contributed by atoms with van der Waals surface area (Å²) in [4.78, 5) is 15.6. The van der Waals surface area contributed by atoms with Gasteiger partial charge in [0.15, 0.2) is 0 Å². The molecule has 0 aliphatic carbocycles. The molecule has 0 aliphatic rings. The maximum Gasteiger partial charge on any atom is 0.311 e. The Morgan fingerprint density at radius 3 is 3.14 bits per heavy atom. The van der Waals surface area contributed by atoms with Gasteiger partial charge in [0.1, 0.15) is 0 Å². The van der Waals surface area contributed by atoms with Crippen LogP contribution in [-0.2, 0) is 16.0 Å². The lowest BCUT2D eigenvalue weighted by Gasteiger charge is -1.98. The number of aryl methyl sites for hydroxylation is 1. The number of hydrazone groups is 1. The normalized spacial score (nSPS) is 10.8. The van der Waals surface area contributed by atoms with Gasteiger partial charge in [-0.1, -0.05) is 29.8 Å². The molecule has 21 heavy (non-hydrogen) atoms. The van der Waals surface area contributed by atoms with Crippen LogP contribution in [-0.4, -0.2) is 23.8 Å². The molecule has 0 fully saturated rings. The van der Waals surface area contributed by atoms with E-state index in [1.54, 1.807) is 13.1 Å². The molecule has 110 valence electrons. The van der Waals surface area contributed by atoms with Crippen LogP contribution in [0.1, 0.15) is 23.7 Å². The SMILES string of the molecule is CCOC(=O)Cc1csc(N/N=C/c2cccc(C)c2)n1. The molecule has 1 N–H and O–H groups in total. The molecule has 0 saturated carbocycles. The Bertz CT molecular complexity index is 637. The molecule has 0 aliphatic heterocycles. The number of thiazole rings is 1. The third-order valence-electron chi connectivity index (χ3n) is 2.60. The van der Waals surface area contributed by atoms with Gasteiger partial charge in [0.05, 0.1) is 24.9 Å². The third-order valence-corrected chi connectivity index (χ3v) is 3.39. The van der Waals surface area contributed by atoms with Crippen LogP contribution in [0, 0.1) is 6.92 Å². The van der Waals surface area contributed by atoms with E-state index in [0.29, 0.717) is 17.4 Å². The van der Waals surface area contributed by atoms with Crippen molar-refractivity contribution < 1.29 is 9.53 Å². The van der Waals surface area contributed by atoms with E-state index >= 15 is 0 Å². The summed E-state index contributed by atoms with van der Waals surface area (Å²) < 4.78 is 4.88. The van der Waals surface area contributed by atoms with Crippen LogP contribution in [0.4, 0.5) is 5.13 Å². The van der Waals surface area contributed by atoms with E-state index in [0.717, 1.165) is 5.56 Å². The van der Waals surface area contributed by atoms with Crippen molar-refractivity contribution in [2.45, 2.75) is 20.3 Å². The highest BCUT2D eigenvalue weighted by molar-refractivity contribution is 7.13. The van der Waals surface area contributed by atoms with Crippen molar-refractivity contribution in [2.75, 3.05) is 12.0 Å². The largest absolute Gasteiger partial charge is 0.466 e. The number of hydrogen-bond donors (Lipinski definition) is 1. The van der Waals surface area contributed by atoms with Crippen LogP contribution in [0.15, 0.2) is 34.7 Å². The Kier molecular flexibility index (Phi) is 5.45. The van der Waals surface area contributed by atoms with Crippen LogP contribution in [0.2, 0.25) is 0 Å². The summed E-state index contributed by atoms with van der Waals surface area (Å²) in [5.74, 6) is -0.266. The number of hydrogen-bond acceptors (Lipinski definition) is 6. The molecule has 0 amide bonds. The zero-order valence-electron chi connectivity index (χ0n) is 12.0. The number of benzene rings is 1. The van der Waals surface area contributed by atoms with Gasteiger partial charge in [0, 0.05) is 5.38 Å². The summed E-state index contributed by atoms with van der Waals surface area (Å²) in [6, 6.07) is 8.04. The molecule has 6 heteroatoms. The average Bonchev–Trinajstić information content (AvgIpc) is 2.86. The maximum absolute atomic E-state index is 11.3. The summed E-state index contributed by atoms with van der Waals surface area (Å²) in [5, 5.41) is 6.61. The van der Waals surface area contributed by atoms with Crippen molar-refractivity contribution in [1.29, 1.82) is 0 Å². The minimum absolute atomic E-state index is 0.188. The second kappa shape index (κ2) is 7.54. The Hall–Kier alpha value is -2.21. The topological polar surface area (TPSA) is 63.6 Å². The summed E-state index contributed by atoms with van der Waals surface area (Å²) in [6.45, 7) is 4.20. The van der Waals surface area contributed by atoms with Crippen LogP contribution in [0.25, 0.3) is 0 Å². The lowest BCUT2D eigenvalue weighted by molar-refractivity contribution is -0.142. The van der Waals surface area contributed by atoms with Gasteiger partial charge in [0.2, 0.25) is 5.13 Å². The van der Waals surface area contributed by atoms with E-state index in [1.165, 1.54) is 16.9 Å². The molecule has 0 radical (unpaired) electrons. The number of aromatic nitrogens is 1. The van der Waals surface area contributed by atoms with Gasteiger partial charge in [-0.2, -0.15) is 5.10 Å². The van der Waals surface area contributed by atoms with Crippen molar-refractivity contribution in [2.24, 2.45) is 5.10 Å². The predicted molar refractivity (Wildman–Crippen MR) is 84.8 cm³/mol. The van der Waals surface area contributed by atoms with Crippen molar-refractivity contribution >= 4 is 28.7 Å². The highest BCUT2D eigenvalue weighted by Crippen LogP contribution is 2.16. The second-order valence-electron chi connectivity index (χ2n) is 4.41. The minimum Gasteiger partial charge on any atom is -0.466 e. The number of rotatable bonds is 6. The van der Waals surface area contributed by atoms with Gasteiger partial charge in [-0.15, -0.1) is 11.3 Å². The molecule has 0 saturated heterocycles. The molecule has 1 heterocycles. The fourth-order valence-electron chi connectivity index (χ4n) is 1.71.